The zero-order valence-electron chi connectivity index (χ0n) is 14.7. The van der Waals surface area contributed by atoms with Crippen LogP contribution in [-0.2, 0) is 11.3 Å². The molecule has 0 bridgehead atoms. The molecule has 3 heterocycles. The lowest BCUT2D eigenvalue weighted by Crippen LogP contribution is -2.42. The van der Waals surface area contributed by atoms with Crippen LogP contribution >= 0.6 is 0 Å². The summed E-state index contributed by atoms with van der Waals surface area (Å²) in [5, 5.41) is 10.2. The summed E-state index contributed by atoms with van der Waals surface area (Å²) in [5.41, 5.74) is 2.00. The second kappa shape index (κ2) is 7.55. The summed E-state index contributed by atoms with van der Waals surface area (Å²) in [5.74, 6) is 0.746. The third-order valence-electron chi connectivity index (χ3n) is 4.37. The Labute approximate surface area is 146 Å². The van der Waals surface area contributed by atoms with E-state index in [0.717, 1.165) is 30.7 Å². The van der Waals surface area contributed by atoms with Crippen LogP contribution in [0.25, 0.3) is 0 Å². The van der Waals surface area contributed by atoms with Crippen LogP contribution in [0.15, 0.2) is 22.6 Å². The van der Waals surface area contributed by atoms with Gasteiger partial charge in [0.1, 0.15) is 5.76 Å². The van der Waals surface area contributed by atoms with Crippen LogP contribution in [0.2, 0.25) is 0 Å². The zero-order valence-corrected chi connectivity index (χ0v) is 14.7. The van der Waals surface area contributed by atoms with Crippen molar-refractivity contribution in [2.45, 2.75) is 52.1 Å². The lowest BCUT2D eigenvalue weighted by atomic mass is 10.1. The molecule has 7 heteroatoms. The topological polar surface area (TPSA) is 89.2 Å². The van der Waals surface area contributed by atoms with E-state index in [1.165, 1.54) is 0 Å². The summed E-state index contributed by atoms with van der Waals surface area (Å²) >= 11 is 0. The van der Waals surface area contributed by atoms with Crippen molar-refractivity contribution in [3.8, 4) is 0 Å². The Morgan fingerprint density at radius 3 is 3.00 bits per heavy atom. The van der Waals surface area contributed by atoms with Gasteiger partial charge in [-0.3, -0.25) is 14.3 Å². The van der Waals surface area contributed by atoms with Gasteiger partial charge < -0.3 is 15.1 Å². The summed E-state index contributed by atoms with van der Waals surface area (Å²) in [4.78, 5) is 23.8. The minimum atomic E-state index is -0.266. The van der Waals surface area contributed by atoms with Crippen molar-refractivity contribution >= 4 is 11.8 Å². The number of aromatic nitrogens is 2. The Morgan fingerprint density at radius 1 is 1.40 bits per heavy atom. The molecule has 25 heavy (non-hydrogen) atoms. The van der Waals surface area contributed by atoms with Gasteiger partial charge >= 0.3 is 0 Å². The van der Waals surface area contributed by atoms with Gasteiger partial charge in [-0.2, -0.15) is 5.10 Å². The van der Waals surface area contributed by atoms with Gasteiger partial charge in [0.15, 0.2) is 5.76 Å². The third kappa shape index (κ3) is 4.49. The standard InChI is InChI=1S/C18H24N4O3/c1-12-9-13(2)22(21-12)11-15-7-8-16(25-15)18(24)19-10-14-5-3-4-6-17(23)20-14/h7-9,14H,3-6,10-11H2,1-2H3,(H,19,24)(H,20,23). The first-order valence-electron chi connectivity index (χ1n) is 8.68. The van der Waals surface area contributed by atoms with E-state index in [4.69, 9.17) is 4.42 Å². The Morgan fingerprint density at radius 2 is 2.24 bits per heavy atom. The number of nitrogens with zero attached hydrogens (tertiary/aromatic N) is 2. The summed E-state index contributed by atoms with van der Waals surface area (Å²) in [6.45, 7) is 4.83. The zero-order chi connectivity index (χ0) is 17.8. The Hall–Kier alpha value is -2.57. The van der Waals surface area contributed by atoms with Crippen LogP contribution in [0, 0.1) is 13.8 Å². The number of hydrogen-bond donors (Lipinski definition) is 2. The predicted octanol–water partition coefficient (Wildman–Crippen LogP) is 1.93. The summed E-state index contributed by atoms with van der Waals surface area (Å²) in [6.07, 6.45) is 3.35. The van der Waals surface area contributed by atoms with E-state index in [0.29, 0.717) is 25.3 Å². The van der Waals surface area contributed by atoms with Crippen LogP contribution in [0.4, 0.5) is 0 Å². The average Bonchev–Trinajstić information content (AvgIpc) is 3.08. The molecule has 1 saturated heterocycles. The third-order valence-corrected chi connectivity index (χ3v) is 4.37. The normalized spacial score (nSPS) is 17.8. The molecule has 1 aliphatic rings. The van der Waals surface area contributed by atoms with Gasteiger partial charge in [-0.1, -0.05) is 6.42 Å². The molecule has 2 aromatic rings. The van der Waals surface area contributed by atoms with Crippen molar-refractivity contribution in [3.05, 3.63) is 41.1 Å². The SMILES string of the molecule is Cc1cc(C)n(Cc2ccc(C(=O)NCC3CCCCC(=O)N3)o2)n1. The van der Waals surface area contributed by atoms with Gasteiger partial charge in [0.2, 0.25) is 5.91 Å². The Bertz CT molecular complexity index is 762. The molecule has 1 unspecified atom stereocenters. The predicted molar refractivity (Wildman–Crippen MR) is 92.2 cm³/mol. The summed E-state index contributed by atoms with van der Waals surface area (Å²) in [7, 11) is 0. The molecule has 0 saturated carbocycles. The maximum Gasteiger partial charge on any atom is 0.287 e. The van der Waals surface area contributed by atoms with E-state index in [1.807, 2.05) is 24.6 Å². The molecule has 0 aliphatic carbocycles. The molecule has 3 rings (SSSR count). The first-order valence-corrected chi connectivity index (χ1v) is 8.68. The highest BCUT2D eigenvalue weighted by molar-refractivity contribution is 5.91. The fourth-order valence-electron chi connectivity index (χ4n) is 3.07. The highest BCUT2D eigenvalue weighted by atomic mass is 16.4. The van der Waals surface area contributed by atoms with Crippen LogP contribution in [0.3, 0.4) is 0 Å². The molecule has 7 nitrogen and oxygen atoms in total. The van der Waals surface area contributed by atoms with Crippen molar-refractivity contribution in [1.82, 2.24) is 20.4 Å². The molecule has 2 amide bonds. The minimum absolute atomic E-state index is 0.0110. The minimum Gasteiger partial charge on any atom is -0.454 e. The molecule has 0 aromatic carbocycles. The van der Waals surface area contributed by atoms with Gasteiger partial charge in [-0.25, -0.2) is 0 Å². The first kappa shape index (κ1) is 17.3. The van der Waals surface area contributed by atoms with Gasteiger partial charge in [0, 0.05) is 24.7 Å². The quantitative estimate of drug-likeness (QED) is 0.867. The Kier molecular flexibility index (Phi) is 5.21. The fourth-order valence-corrected chi connectivity index (χ4v) is 3.07. The molecule has 0 spiro atoms. The number of amides is 2. The van der Waals surface area contributed by atoms with Crippen LogP contribution < -0.4 is 10.6 Å². The van der Waals surface area contributed by atoms with Crippen LogP contribution in [0.5, 0.6) is 0 Å². The number of carbonyl (C=O) groups excluding carboxylic acids is 2. The molecule has 1 atom stereocenters. The van der Waals surface area contributed by atoms with Crippen molar-refractivity contribution in [2.24, 2.45) is 0 Å². The molecular formula is C18H24N4O3. The fraction of sp³-hybridized carbons (Fsp3) is 0.500. The molecule has 0 radical (unpaired) electrons. The second-order valence-corrected chi connectivity index (χ2v) is 6.57. The van der Waals surface area contributed by atoms with Crippen molar-refractivity contribution in [3.63, 3.8) is 0 Å². The van der Waals surface area contributed by atoms with Gasteiger partial charge in [-0.15, -0.1) is 0 Å². The molecular weight excluding hydrogens is 320 g/mol. The van der Waals surface area contributed by atoms with E-state index >= 15 is 0 Å². The van der Waals surface area contributed by atoms with E-state index in [2.05, 4.69) is 15.7 Å². The first-order chi connectivity index (χ1) is 12.0. The Balaban J connectivity index is 1.55. The number of hydrogen-bond acceptors (Lipinski definition) is 4. The molecule has 2 aromatic heterocycles. The second-order valence-electron chi connectivity index (χ2n) is 6.57. The van der Waals surface area contributed by atoms with E-state index in [1.54, 1.807) is 12.1 Å². The van der Waals surface area contributed by atoms with Gasteiger partial charge in [-0.05, 0) is 44.9 Å². The number of carbonyl (C=O) groups is 2. The lowest BCUT2D eigenvalue weighted by molar-refractivity contribution is -0.121. The highest BCUT2D eigenvalue weighted by Gasteiger charge is 2.18. The van der Waals surface area contributed by atoms with E-state index < -0.39 is 0 Å². The summed E-state index contributed by atoms with van der Waals surface area (Å²) in [6, 6.07) is 5.45. The largest absolute Gasteiger partial charge is 0.454 e. The van der Waals surface area contributed by atoms with Crippen LogP contribution in [0.1, 0.15) is 53.4 Å². The molecule has 1 fully saturated rings. The smallest absolute Gasteiger partial charge is 0.287 e. The highest BCUT2D eigenvalue weighted by Crippen LogP contribution is 2.12. The average molecular weight is 344 g/mol. The van der Waals surface area contributed by atoms with E-state index in [9.17, 15) is 9.59 Å². The number of rotatable bonds is 5. The molecule has 134 valence electrons. The lowest BCUT2D eigenvalue weighted by Gasteiger charge is -2.15. The van der Waals surface area contributed by atoms with E-state index in [-0.39, 0.29) is 23.6 Å². The number of aryl methyl sites for hydroxylation is 2. The maximum absolute atomic E-state index is 12.3. The van der Waals surface area contributed by atoms with Crippen molar-refractivity contribution in [2.75, 3.05) is 6.54 Å². The molecule has 2 N–H and O–H groups in total. The van der Waals surface area contributed by atoms with Crippen LogP contribution in [-0.4, -0.2) is 34.2 Å². The van der Waals surface area contributed by atoms with Gasteiger partial charge in [0.05, 0.1) is 12.2 Å². The number of nitrogens with one attached hydrogen (secondary N) is 2. The summed E-state index contributed by atoms with van der Waals surface area (Å²) < 4.78 is 7.48. The van der Waals surface area contributed by atoms with Crippen molar-refractivity contribution in [1.29, 1.82) is 0 Å². The molecule has 1 aliphatic heterocycles. The van der Waals surface area contributed by atoms with Crippen molar-refractivity contribution < 1.29 is 14.0 Å². The maximum atomic E-state index is 12.3. The number of furan rings is 1. The van der Waals surface area contributed by atoms with Gasteiger partial charge in [0.25, 0.3) is 5.91 Å². The monoisotopic (exact) mass is 344 g/mol.